The molecule has 1 aromatic heterocycles. The van der Waals surface area contributed by atoms with E-state index in [1.54, 1.807) is 6.33 Å². The first kappa shape index (κ1) is 19.9. The fourth-order valence-corrected chi connectivity index (χ4v) is 4.01. The lowest BCUT2D eigenvalue weighted by Crippen LogP contribution is -2.35. The van der Waals surface area contributed by atoms with E-state index < -0.39 is 0 Å². The topological polar surface area (TPSA) is 61.5 Å². The van der Waals surface area contributed by atoms with E-state index in [2.05, 4.69) is 27.0 Å². The molecule has 1 aliphatic rings. The molecule has 0 bridgehead atoms. The zero-order chi connectivity index (χ0) is 21.8. The molecule has 0 saturated carbocycles. The van der Waals surface area contributed by atoms with Gasteiger partial charge in [-0.15, -0.1) is 0 Å². The van der Waals surface area contributed by atoms with Crippen molar-refractivity contribution in [3.05, 3.63) is 108 Å². The van der Waals surface area contributed by atoms with E-state index in [-0.39, 0.29) is 5.91 Å². The van der Waals surface area contributed by atoms with Gasteiger partial charge in [0.1, 0.15) is 11.5 Å². The van der Waals surface area contributed by atoms with Crippen molar-refractivity contribution in [3.8, 4) is 11.5 Å². The largest absolute Gasteiger partial charge is 0.457 e. The average molecular weight is 425 g/mol. The van der Waals surface area contributed by atoms with E-state index in [9.17, 15) is 4.79 Å². The van der Waals surface area contributed by atoms with Gasteiger partial charge in [0.25, 0.3) is 5.91 Å². The zero-order valence-corrected chi connectivity index (χ0v) is 17.6. The maximum atomic E-state index is 13.4. The molecule has 0 atom stereocenters. The van der Waals surface area contributed by atoms with Crippen LogP contribution in [0.4, 0.5) is 5.69 Å². The number of para-hydroxylation sites is 2. The number of nitrogens with zero attached hydrogens (tertiary/aromatic N) is 3. The van der Waals surface area contributed by atoms with Gasteiger partial charge in [0.15, 0.2) is 0 Å². The van der Waals surface area contributed by atoms with Crippen molar-refractivity contribution in [3.63, 3.8) is 0 Å². The summed E-state index contributed by atoms with van der Waals surface area (Å²) in [5, 5.41) is 0. The lowest BCUT2D eigenvalue weighted by Gasteiger charge is -2.24. The first-order valence-electron chi connectivity index (χ1n) is 10.7. The third-order valence-electron chi connectivity index (χ3n) is 5.59. The smallest absolute Gasteiger partial charge is 0.254 e. The molecule has 0 unspecified atom stereocenters. The van der Waals surface area contributed by atoms with Crippen LogP contribution in [0, 0.1) is 0 Å². The number of fused-ring (bicyclic) bond motifs is 1. The van der Waals surface area contributed by atoms with E-state index in [4.69, 9.17) is 4.74 Å². The average Bonchev–Trinajstić information content (AvgIpc) is 3.28. The minimum Gasteiger partial charge on any atom is -0.457 e. The summed E-state index contributed by atoms with van der Waals surface area (Å²) >= 11 is 0. The fraction of sp³-hybridized carbons (Fsp3) is 0.154. The van der Waals surface area contributed by atoms with Crippen LogP contribution >= 0.6 is 0 Å². The van der Waals surface area contributed by atoms with Gasteiger partial charge in [0, 0.05) is 37.1 Å². The Kier molecular flexibility index (Phi) is 5.58. The Bertz CT molecular complexity index is 1190. The van der Waals surface area contributed by atoms with Crippen molar-refractivity contribution < 1.29 is 9.53 Å². The van der Waals surface area contributed by atoms with Gasteiger partial charge in [0.2, 0.25) is 0 Å². The second-order valence-corrected chi connectivity index (χ2v) is 7.78. The summed E-state index contributed by atoms with van der Waals surface area (Å²) in [5.41, 5.74) is 3.87. The third-order valence-corrected chi connectivity index (χ3v) is 5.59. The van der Waals surface area contributed by atoms with Crippen LogP contribution in [-0.4, -0.2) is 33.9 Å². The number of benzene rings is 3. The molecule has 1 N–H and O–H groups in total. The van der Waals surface area contributed by atoms with Gasteiger partial charge < -0.3 is 19.5 Å². The molecule has 1 aliphatic heterocycles. The van der Waals surface area contributed by atoms with Gasteiger partial charge in [-0.2, -0.15) is 0 Å². The number of hydrogen-bond donors (Lipinski definition) is 1. The number of nitrogens with one attached hydrogen (secondary N) is 1. The first-order valence-corrected chi connectivity index (χ1v) is 10.7. The van der Waals surface area contributed by atoms with Gasteiger partial charge in [-0.05, 0) is 42.0 Å². The predicted molar refractivity (Wildman–Crippen MR) is 124 cm³/mol. The third kappa shape index (κ3) is 4.34. The van der Waals surface area contributed by atoms with Crippen molar-refractivity contribution >= 4 is 11.6 Å². The van der Waals surface area contributed by atoms with Crippen molar-refractivity contribution in [2.75, 3.05) is 18.0 Å². The van der Waals surface area contributed by atoms with Crippen LogP contribution in [0.2, 0.25) is 0 Å². The highest BCUT2D eigenvalue weighted by Gasteiger charge is 2.24. The number of rotatable bonds is 5. The number of aromatic amines is 1. The van der Waals surface area contributed by atoms with Crippen LogP contribution in [0.1, 0.15) is 21.6 Å². The molecule has 0 radical (unpaired) electrons. The van der Waals surface area contributed by atoms with Crippen molar-refractivity contribution in [1.29, 1.82) is 0 Å². The molecule has 2 heterocycles. The Morgan fingerprint density at radius 2 is 1.75 bits per heavy atom. The maximum Gasteiger partial charge on any atom is 0.254 e. The summed E-state index contributed by atoms with van der Waals surface area (Å²) in [7, 11) is 0. The van der Waals surface area contributed by atoms with E-state index >= 15 is 0 Å². The molecule has 160 valence electrons. The molecular formula is C26H24N4O2. The molecule has 3 aromatic carbocycles. The number of ether oxygens (including phenoxy) is 1. The minimum absolute atomic E-state index is 0.0000609. The van der Waals surface area contributed by atoms with Crippen molar-refractivity contribution in [2.45, 2.75) is 13.1 Å². The van der Waals surface area contributed by atoms with Crippen molar-refractivity contribution in [2.24, 2.45) is 0 Å². The molecule has 0 fully saturated rings. The quantitative estimate of drug-likeness (QED) is 0.497. The highest BCUT2D eigenvalue weighted by molar-refractivity contribution is 5.94. The van der Waals surface area contributed by atoms with Crippen LogP contribution < -0.4 is 9.64 Å². The molecular weight excluding hydrogens is 400 g/mol. The minimum atomic E-state index is -0.0000609. The molecule has 4 aromatic rings. The Morgan fingerprint density at radius 1 is 0.938 bits per heavy atom. The molecule has 0 aliphatic carbocycles. The number of carbonyl (C=O) groups is 1. The highest BCUT2D eigenvalue weighted by atomic mass is 16.5. The summed E-state index contributed by atoms with van der Waals surface area (Å²) in [6.07, 6.45) is 3.61. The Labute approximate surface area is 187 Å². The molecule has 5 rings (SSSR count). The first-order chi connectivity index (χ1) is 15.8. The number of imidazole rings is 1. The van der Waals surface area contributed by atoms with Gasteiger partial charge >= 0.3 is 0 Å². The lowest BCUT2D eigenvalue weighted by molar-refractivity contribution is 0.0751. The second kappa shape index (κ2) is 8.98. The number of H-pyrrole nitrogens is 1. The van der Waals surface area contributed by atoms with Gasteiger partial charge in [-0.25, -0.2) is 4.98 Å². The summed E-state index contributed by atoms with van der Waals surface area (Å²) in [6.45, 7) is 2.62. The number of amides is 1. The number of carbonyl (C=O) groups excluding carboxylic acids is 1. The van der Waals surface area contributed by atoms with E-state index in [0.29, 0.717) is 30.9 Å². The molecule has 1 amide bonds. The second-order valence-electron chi connectivity index (χ2n) is 7.78. The molecule has 6 nitrogen and oxygen atoms in total. The van der Waals surface area contributed by atoms with E-state index in [0.717, 1.165) is 29.2 Å². The predicted octanol–water partition coefficient (Wildman–Crippen LogP) is 4.86. The summed E-state index contributed by atoms with van der Waals surface area (Å²) in [4.78, 5) is 25.0. The highest BCUT2D eigenvalue weighted by Crippen LogP contribution is 2.28. The van der Waals surface area contributed by atoms with E-state index in [1.807, 2.05) is 77.8 Å². The fourth-order valence-electron chi connectivity index (χ4n) is 4.01. The summed E-state index contributed by atoms with van der Waals surface area (Å²) < 4.78 is 5.92. The van der Waals surface area contributed by atoms with Crippen LogP contribution in [0.25, 0.3) is 0 Å². The van der Waals surface area contributed by atoms with E-state index in [1.165, 1.54) is 0 Å². The zero-order valence-electron chi connectivity index (χ0n) is 17.6. The van der Waals surface area contributed by atoms with Crippen molar-refractivity contribution in [1.82, 2.24) is 14.9 Å². The molecule has 6 heteroatoms. The lowest BCUT2D eigenvalue weighted by atomic mass is 10.1. The maximum absolute atomic E-state index is 13.4. The summed E-state index contributed by atoms with van der Waals surface area (Å²) in [5.74, 6) is 1.40. The Balaban J connectivity index is 1.36. The summed E-state index contributed by atoms with van der Waals surface area (Å²) in [6, 6.07) is 25.2. The van der Waals surface area contributed by atoms with Crippen LogP contribution in [0.5, 0.6) is 11.5 Å². The Morgan fingerprint density at radius 3 is 2.59 bits per heavy atom. The molecule has 0 spiro atoms. The van der Waals surface area contributed by atoms with Gasteiger partial charge in [-0.3, -0.25) is 4.79 Å². The monoisotopic (exact) mass is 424 g/mol. The van der Waals surface area contributed by atoms with Gasteiger partial charge in [0.05, 0.1) is 18.6 Å². The number of aromatic nitrogens is 2. The Hall–Kier alpha value is -4.06. The standard InChI is InChI=1S/C26H24N4O2/c31-26(20-8-6-11-24(15-20)32-23-9-2-1-3-10-23)30-14-13-29(18-22-16-27-19-28-22)25-12-5-4-7-21(25)17-30/h1-12,15-16,19H,13-14,17-18H2,(H,27,28). The number of anilines is 1. The van der Waals surface area contributed by atoms with Crippen LogP contribution in [0.3, 0.4) is 0 Å². The molecule has 0 saturated heterocycles. The van der Waals surface area contributed by atoms with Gasteiger partial charge in [-0.1, -0.05) is 42.5 Å². The normalized spacial score (nSPS) is 13.4. The number of hydrogen-bond acceptors (Lipinski definition) is 4. The van der Waals surface area contributed by atoms with Crippen LogP contribution in [-0.2, 0) is 13.1 Å². The SMILES string of the molecule is O=C(c1cccc(Oc2ccccc2)c1)N1CCN(Cc2c[nH]cn2)c2ccccc2C1. The molecule has 32 heavy (non-hydrogen) atoms. The van der Waals surface area contributed by atoms with Crippen LogP contribution in [0.15, 0.2) is 91.4 Å².